The van der Waals surface area contributed by atoms with Crippen LogP contribution in [0, 0.1) is 0 Å². The van der Waals surface area contributed by atoms with E-state index in [1.54, 1.807) is 25.5 Å². The van der Waals surface area contributed by atoms with Gasteiger partial charge in [-0.15, -0.1) is 0 Å². The number of carbonyl (C=O) groups is 1. The third-order valence-corrected chi connectivity index (χ3v) is 5.33. The maximum absolute atomic E-state index is 12.7. The lowest BCUT2D eigenvalue weighted by atomic mass is 10.2. The van der Waals surface area contributed by atoms with Gasteiger partial charge in [-0.25, -0.2) is 8.42 Å². The van der Waals surface area contributed by atoms with E-state index in [0.29, 0.717) is 18.7 Å². The number of amides is 1. The molecule has 0 aromatic carbocycles. The van der Waals surface area contributed by atoms with Crippen LogP contribution in [0.15, 0.2) is 35.6 Å². The lowest BCUT2D eigenvalue weighted by Crippen LogP contribution is -2.28. The van der Waals surface area contributed by atoms with Crippen molar-refractivity contribution in [1.29, 1.82) is 0 Å². The molecule has 0 bridgehead atoms. The first-order valence-corrected chi connectivity index (χ1v) is 7.77. The van der Waals surface area contributed by atoms with Crippen LogP contribution in [0.5, 0.6) is 0 Å². The number of hydrogen-bond donors (Lipinski definition) is 1. The van der Waals surface area contributed by atoms with Crippen molar-refractivity contribution in [1.82, 2.24) is 9.55 Å². The summed E-state index contributed by atoms with van der Waals surface area (Å²) in [5.41, 5.74) is 6.91. The fraction of sp³-hybridized carbons (Fsp3) is 0.231. The van der Waals surface area contributed by atoms with Crippen molar-refractivity contribution in [3.63, 3.8) is 0 Å². The molecule has 2 aromatic rings. The molecule has 2 aromatic heterocycles. The number of fused-ring (bicyclic) bond motifs is 1. The number of pyridine rings is 1. The van der Waals surface area contributed by atoms with E-state index in [9.17, 15) is 13.2 Å². The summed E-state index contributed by atoms with van der Waals surface area (Å²) in [4.78, 5) is 15.3. The van der Waals surface area contributed by atoms with Gasteiger partial charge < -0.3 is 10.3 Å². The monoisotopic (exact) mass is 306 g/mol. The SMILES string of the molecule is Cn1cc(S(=O)(=O)N2CCc3cnccc32)cc1C(N)=O. The van der Waals surface area contributed by atoms with Crippen LogP contribution in [0.25, 0.3) is 0 Å². The molecule has 0 radical (unpaired) electrons. The number of hydrogen-bond acceptors (Lipinski definition) is 4. The van der Waals surface area contributed by atoms with E-state index < -0.39 is 15.9 Å². The van der Waals surface area contributed by atoms with Crippen LogP contribution in [0.3, 0.4) is 0 Å². The zero-order valence-corrected chi connectivity index (χ0v) is 12.2. The van der Waals surface area contributed by atoms with Gasteiger partial charge in [0.05, 0.1) is 5.69 Å². The van der Waals surface area contributed by atoms with E-state index >= 15 is 0 Å². The van der Waals surface area contributed by atoms with Gasteiger partial charge in [0.25, 0.3) is 15.9 Å². The Morgan fingerprint density at radius 1 is 1.43 bits per heavy atom. The molecule has 21 heavy (non-hydrogen) atoms. The average molecular weight is 306 g/mol. The largest absolute Gasteiger partial charge is 0.364 e. The highest BCUT2D eigenvalue weighted by Gasteiger charge is 2.32. The van der Waals surface area contributed by atoms with Crippen molar-refractivity contribution < 1.29 is 13.2 Å². The van der Waals surface area contributed by atoms with Crippen molar-refractivity contribution in [2.75, 3.05) is 10.8 Å². The Morgan fingerprint density at radius 3 is 2.86 bits per heavy atom. The summed E-state index contributed by atoms with van der Waals surface area (Å²) < 4.78 is 28.2. The van der Waals surface area contributed by atoms with Crippen molar-refractivity contribution in [2.24, 2.45) is 12.8 Å². The molecular formula is C13H14N4O3S. The number of nitrogens with two attached hydrogens (primary N) is 1. The minimum absolute atomic E-state index is 0.0588. The number of aromatic nitrogens is 2. The van der Waals surface area contributed by atoms with Gasteiger partial charge in [-0.05, 0) is 24.1 Å². The fourth-order valence-corrected chi connectivity index (χ4v) is 4.07. The molecule has 0 saturated carbocycles. The smallest absolute Gasteiger partial charge is 0.265 e. The van der Waals surface area contributed by atoms with Gasteiger partial charge in [0.2, 0.25) is 0 Å². The summed E-state index contributed by atoms with van der Waals surface area (Å²) in [6.07, 6.45) is 5.25. The molecule has 8 heteroatoms. The Morgan fingerprint density at radius 2 is 2.19 bits per heavy atom. The average Bonchev–Trinajstić information content (AvgIpc) is 3.02. The highest BCUT2D eigenvalue weighted by Crippen LogP contribution is 2.32. The third kappa shape index (κ3) is 2.07. The van der Waals surface area contributed by atoms with Gasteiger partial charge in [0.1, 0.15) is 10.6 Å². The molecule has 0 fully saturated rings. The molecule has 0 saturated heterocycles. The highest BCUT2D eigenvalue weighted by atomic mass is 32.2. The van der Waals surface area contributed by atoms with Crippen LogP contribution in [0.1, 0.15) is 16.1 Å². The number of nitrogens with zero attached hydrogens (tertiary/aromatic N) is 3. The number of anilines is 1. The standard InChI is InChI=1S/C13H14N4O3S/c1-16-8-10(6-12(16)13(14)18)21(19,20)17-5-3-9-7-15-4-2-11(9)17/h2,4,6-8H,3,5H2,1H3,(H2,14,18). The molecule has 1 aliphatic rings. The van der Waals surface area contributed by atoms with Gasteiger partial charge in [-0.2, -0.15) is 0 Å². The van der Waals surface area contributed by atoms with Crippen LogP contribution in [0.4, 0.5) is 5.69 Å². The predicted octanol–water partition coefficient (Wildman–Crippen LogP) is 0.270. The Bertz CT molecular complexity index is 826. The van der Waals surface area contributed by atoms with Gasteiger partial charge in [-0.3, -0.25) is 14.1 Å². The molecular weight excluding hydrogens is 292 g/mol. The summed E-state index contributed by atoms with van der Waals surface area (Å²) in [5.74, 6) is -0.662. The number of primary amides is 1. The maximum atomic E-state index is 12.7. The van der Waals surface area contributed by atoms with E-state index in [1.807, 2.05) is 0 Å². The van der Waals surface area contributed by atoms with Crippen LogP contribution in [-0.2, 0) is 23.5 Å². The quantitative estimate of drug-likeness (QED) is 0.880. The molecule has 0 aliphatic carbocycles. The van der Waals surface area contributed by atoms with Crippen LogP contribution in [-0.4, -0.2) is 30.4 Å². The van der Waals surface area contributed by atoms with E-state index in [1.165, 1.54) is 21.1 Å². The lowest BCUT2D eigenvalue weighted by Gasteiger charge is -2.18. The summed E-state index contributed by atoms with van der Waals surface area (Å²) in [6, 6.07) is 2.98. The van der Waals surface area contributed by atoms with E-state index in [0.717, 1.165) is 5.56 Å². The Balaban J connectivity index is 2.06. The van der Waals surface area contributed by atoms with Crippen LogP contribution >= 0.6 is 0 Å². The highest BCUT2D eigenvalue weighted by molar-refractivity contribution is 7.92. The minimum atomic E-state index is -3.71. The van der Waals surface area contributed by atoms with E-state index in [2.05, 4.69) is 4.98 Å². The molecule has 0 atom stereocenters. The first kappa shape index (κ1) is 13.6. The van der Waals surface area contributed by atoms with E-state index in [-0.39, 0.29) is 10.6 Å². The summed E-state index contributed by atoms with van der Waals surface area (Å²) in [6.45, 7) is 0.365. The number of rotatable bonds is 3. The molecule has 0 spiro atoms. The zero-order chi connectivity index (χ0) is 15.2. The normalized spacial score (nSPS) is 14.2. The van der Waals surface area contributed by atoms with Crippen molar-refractivity contribution in [2.45, 2.75) is 11.3 Å². The van der Waals surface area contributed by atoms with Gasteiger partial charge in [0, 0.05) is 32.2 Å². The van der Waals surface area contributed by atoms with Gasteiger partial charge >= 0.3 is 0 Å². The Hall–Kier alpha value is -2.35. The first-order chi connectivity index (χ1) is 9.91. The molecule has 7 nitrogen and oxygen atoms in total. The topological polar surface area (TPSA) is 98.3 Å². The second kappa shape index (κ2) is 4.59. The number of sulfonamides is 1. The number of aryl methyl sites for hydroxylation is 1. The molecule has 1 amide bonds. The van der Waals surface area contributed by atoms with Crippen molar-refractivity contribution in [3.05, 3.63) is 42.0 Å². The van der Waals surface area contributed by atoms with Crippen LogP contribution < -0.4 is 10.0 Å². The summed E-state index contributed by atoms with van der Waals surface area (Å²) in [7, 11) is -2.13. The molecule has 2 N–H and O–H groups in total. The summed E-state index contributed by atoms with van der Waals surface area (Å²) >= 11 is 0. The molecule has 0 unspecified atom stereocenters. The predicted molar refractivity (Wildman–Crippen MR) is 76.4 cm³/mol. The third-order valence-electron chi connectivity index (χ3n) is 3.55. The Labute approximate surface area is 122 Å². The second-order valence-electron chi connectivity index (χ2n) is 4.87. The van der Waals surface area contributed by atoms with Gasteiger partial charge in [-0.1, -0.05) is 0 Å². The van der Waals surface area contributed by atoms with Gasteiger partial charge in [0.15, 0.2) is 0 Å². The van der Waals surface area contributed by atoms with Crippen molar-refractivity contribution >= 4 is 21.6 Å². The molecule has 110 valence electrons. The first-order valence-electron chi connectivity index (χ1n) is 6.33. The van der Waals surface area contributed by atoms with Crippen molar-refractivity contribution in [3.8, 4) is 0 Å². The number of carbonyl (C=O) groups excluding carboxylic acids is 1. The zero-order valence-electron chi connectivity index (χ0n) is 11.4. The summed E-state index contributed by atoms with van der Waals surface area (Å²) in [5, 5.41) is 0. The molecule has 3 heterocycles. The maximum Gasteiger partial charge on any atom is 0.265 e. The fourth-order valence-electron chi connectivity index (χ4n) is 2.50. The molecule has 3 rings (SSSR count). The second-order valence-corrected chi connectivity index (χ2v) is 6.73. The van der Waals surface area contributed by atoms with Crippen LogP contribution in [0.2, 0.25) is 0 Å². The molecule has 1 aliphatic heterocycles. The lowest BCUT2D eigenvalue weighted by molar-refractivity contribution is 0.0992. The minimum Gasteiger partial charge on any atom is -0.364 e. The Kier molecular flexibility index (Phi) is 2.98. The van der Waals surface area contributed by atoms with E-state index in [4.69, 9.17) is 5.73 Å².